The van der Waals surface area contributed by atoms with E-state index < -0.39 is 42.2 Å². The number of carbonyl (C=O) groups excluding carboxylic acids is 3. The summed E-state index contributed by atoms with van der Waals surface area (Å²) in [6, 6.07) is 7.56. The third-order valence-electron chi connectivity index (χ3n) is 7.82. The molecule has 0 aliphatic carbocycles. The number of anilines is 2. The number of pyridine rings is 1. The first-order chi connectivity index (χ1) is 20.9. The molecule has 6 rings (SSSR count). The Morgan fingerprint density at radius 3 is 2.50 bits per heavy atom. The highest BCUT2D eigenvalue weighted by Crippen LogP contribution is 2.52. The van der Waals surface area contributed by atoms with Gasteiger partial charge in [-0.05, 0) is 43.2 Å². The van der Waals surface area contributed by atoms with E-state index in [1.165, 1.54) is 35.5 Å². The lowest BCUT2D eigenvalue weighted by atomic mass is 9.73. The number of amides is 3. The van der Waals surface area contributed by atoms with Crippen molar-refractivity contribution in [2.75, 3.05) is 36.8 Å². The number of aromatic amines is 1. The molecule has 0 unspecified atom stereocenters. The maximum atomic E-state index is 14.1. The van der Waals surface area contributed by atoms with Crippen LogP contribution in [0.2, 0.25) is 5.02 Å². The first-order valence-corrected chi connectivity index (χ1v) is 13.7. The Kier molecular flexibility index (Phi) is 7.02. The number of piperidine rings is 1. The molecule has 5 heterocycles. The number of fused-ring (bicyclic) bond motifs is 3. The number of H-pyrrole nitrogens is 1. The smallest absolute Gasteiger partial charge is 0.383 e. The zero-order valence-electron chi connectivity index (χ0n) is 22.7. The van der Waals surface area contributed by atoms with Crippen LogP contribution in [0, 0.1) is 0 Å². The number of nitrogens with one attached hydrogen (secondary N) is 2. The van der Waals surface area contributed by atoms with Crippen molar-refractivity contribution in [2.45, 2.75) is 24.4 Å². The predicted octanol–water partition coefficient (Wildman–Crippen LogP) is 1.94. The Labute approximate surface area is 250 Å². The second-order valence-electron chi connectivity index (χ2n) is 10.5. The molecule has 0 saturated carbocycles. The minimum absolute atomic E-state index is 0.00956. The fourth-order valence-electron chi connectivity index (χ4n) is 5.72. The summed E-state index contributed by atoms with van der Waals surface area (Å²) >= 11 is 6.90. The lowest BCUT2D eigenvalue weighted by Gasteiger charge is -2.38. The summed E-state index contributed by atoms with van der Waals surface area (Å²) in [5.74, 6) is -1.95. The summed E-state index contributed by atoms with van der Waals surface area (Å²) in [6.07, 6.45) is -1.62. The predicted molar refractivity (Wildman–Crippen MR) is 151 cm³/mol. The van der Waals surface area contributed by atoms with E-state index in [0.29, 0.717) is 16.6 Å². The number of hydrogen-bond acceptors (Lipinski definition) is 8. The minimum Gasteiger partial charge on any atom is -0.383 e. The summed E-state index contributed by atoms with van der Waals surface area (Å²) in [6.45, 7) is -2.05. The summed E-state index contributed by atoms with van der Waals surface area (Å²) in [7, 11) is 0. The Morgan fingerprint density at radius 2 is 1.80 bits per heavy atom. The van der Waals surface area contributed by atoms with Gasteiger partial charge in [-0.15, -0.1) is 0 Å². The SMILES string of the molecule is Nc1ccn(-c2ccc3c(c2Cl)C2(CCN(C(=O)c4ccc5[nH]ncc5n4)CC2)C(=O)N3CC(=O)NCC(F)(F)F)c(=O)n1. The summed E-state index contributed by atoms with van der Waals surface area (Å²) in [5.41, 5.74) is 5.63. The molecule has 1 spiro atoms. The van der Waals surface area contributed by atoms with Gasteiger partial charge in [-0.3, -0.25) is 24.0 Å². The van der Waals surface area contributed by atoms with E-state index in [-0.39, 0.29) is 59.7 Å². The summed E-state index contributed by atoms with van der Waals surface area (Å²) in [4.78, 5) is 63.3. The molecule has 3 aromatic heterocycles. The van der Waals surface area contributed by atoms with Crippen molar-refractivity contribution in [1.82, 2.24) is 34.9 Å². The summed E-state index contributed by atoms with van der Waals surface area (Å²) < 4.78 is 39.4. The number of nitrogen functional groups attached to an aromatic ring is 1. The standard InChI is InChI=1S/C27H23ClF3N9O4/c28-22-18(39-8-5-19(32)36-25(39)44)4-3-17-21(22)26(24(43)40(17)12-20(41)33-13-27(29,30)31)6-9-38(10-7-26)23(42)15-2-1-14-16(35-15)11-34-37-14/h1-5,8,11H,6-7,9-10,12-13H2,(H,33,41)(H,34,37)(H2,32,36,44). The number of carbonyl (C=O) groups is 3. The molecule has 228 valence electrons. The van der Waals surface area contributed by atoms with Crippen LogP contribution in [0.3, 0.4) is 0 Å². The van der Waals surface area contributed by atoms with E-state index in [1.54, 1.807) is 17.4 Å². The number of hydrogen-bond donors (Lipinski definition) is 3. The molecule has 0 atom stereocenters. The third-order valence-corrected chi connectivity index (χ3v) is 8.20. The molecular formula is C27H23ClF3N9O4. The highest BCUT2D eigenvalue weighted by atomic mass is 35.5. The van der Waals surface area contributed by atoms with Gasteiger partial charge in [-0.25, -0.2) is 9.78 Å². The van der Waals surface area contributed by atoms with E-state index >= 15 is 0 Å². The molecule has 1 saturated heterocycles. The molecule has 17 heteroatoms. The van der Waals surface area contributed by atoms with Crippen LogP contribution in [-0.2, 0) is 15.0 Å². The van der Waals surface area contributed by atoms with E-state index in [9.17, 15) is 32.3 Å². The van der Waals surface area contributed by atoms with Crippen LogP contribution in [-0.4, -0.2) is 79.7 Å². The molecule has 0 radical (unpaired) electrons. The van der Waals surface area contributed by atoms with Crippen LogP contribution in [0.4, 0.5) is 24.7 Å². The minimum atomic E-state index is -4.64. The highest BCUT2D eigenvalue weighted by molar-refractivity contribution is 6.35. The van der Waals surface area contributed by atoms with E-state index in [1.807, 2.05) is 0 Å². The van der Waals surface area contributed by atoms with Crippen molar-refractivity contribution in [3.05, 3.63) is 69.5 Å². The Balaban J connectivity index is 1.35. The topological polar surface area (TPSA) is 172 Å². The van der Waals surface area contributed by atoms with E-state index in [0.717, 1.165) is 9.47 Å². The number of halogens is 4. The normalized spacial score (nSPS) is 16.0. The van der Waals surface area contributed by atoms with Crippen molar-refractivity contribution in [1.29, 1.82) is 0 Å². The Morgan fingerprint density at radius 1 is 1.07 bits per heavy atom. The van der Waals surface area contributed by atoms with Crippen molar-refractivity contribution in [3.8, 4) is 5.69 Å². The van der Waals surface area contributed by atoms with E-state index in [4.69, 9.17) is 17.3 Å². The average molecular weight is 630 g/mol. The van der Waals surface area contributed by atoms with Gasteiger partial charge in [-0.1, -0.05) is 11.6 Å². The molecule has 4 aromatic rings. The van der Waals surface area contributed by atoms with Gasteiger partial charge < -0.3 is 20.9 Å². The number of nitrogens with two attached hydrogens (primary N) is 1. The van der Waals surface area contributed by atoms with Gasteiger partial charge >= 0.3 is 11.9 Å². The number of rotatable bonds is 5. The number of nitrogens with zero attached hydrogens (tertiary/aromatic N) is 6. The number of benzene rings is 1. The van der Waals surface area contributed by atoms with Gasteiger partial charge in [-0.2, -0.15) is 23.3 Å². The highest BCUT2D eigenvalue weighted by Gasteiger charge is 2.54. The Hall–Kier alpha value is -4.99. The van der Waals surface area contributed by atoms with Crippen molar-refractivity contribution < 1.29 is 27.6 Å². The lowest BCUT2D eigenvalue weighted by molar-refractivity contribution is -0.138. The van der Waals surface area contributed by atoms with Crippen LogP contribution in [0.25, 0.3) is 16.7 Å². The van der Waals surface area contributed by atoms with Crippen LogP contribution in [0.15, 0.2) is 47.5 Å². The van der Waals surface area contributed by atoms with Gasteiger partial charge in [0.25, 0.3) is 5.91 Å². The van der Waals surface area contributed by atoms with Crippen molar-refractivity contribution >= 4 is 51.9 Å². The number of aromatic nitrogens is 5. The Bertz CT molecular complexity index is 1880. The maximum absolute atomic E-state index is 14.1. The fraction of sp³-hybridized carbons (Fsp3) is 0.296. The van der Waals surface area contributed by atoms with Crippen LogP contribution in [0.5, 0.6) is 0 Å². The van der Waals surface area contributed by atoms with Gasteiger partial charge in [0.15, 0.2) is 0 Å². The van der Waals surface area contributed by atoms with Crippen molar-refractivity contribution in [2.24, 2.45) is 0 Å². The largest absolute Gasteiger partial charge is 0.405 e. The monoisotopic (exact) mass is 629 g/mol. The first-order valence-electron chi connectivity index (χ1n) is 13.3. The van der Waals surface area contributed by atoms with Gasteiger partial charge in [0.05, 0.1) is 33.5 Å². The fourth-order valence-corrected chi connectivity index (χ4v) is 6.15. The second-order valence-corrected chi connectivity index (χ2v) is 10.8. The maximum Gasteiger partial charge on any atom is 0.405 e. The first kappa shape index (κ1) is 29.1. The molecule has 2 aliphatic heterocycles. The molecular weight excluding hydrogens is 607 g/mol. The molecule has 13 nitrogen and oxygen atoms in total. The molecule has 44 heavy (non-hydrogen) atoms. The lowest BCUT2D eigenvalue weighted by Crippen LogP contribution is -2.51. The van der Waals surface area contributed by atoms with Gasteiger partial charge in [0, 0.05) is 24.8 Å². The van der Waals surface area contributed by atoms with Crippen LogP contribution in [0.1, 0.15) is 28.9 Å². The molecule has 0 bridgehead atoms. The molecule has 1 aromatic carbocycles. The molecule has 3 amide bonds. The zero-order valence-corrected chi connectivity index (χ0v) is 23.4. The van der Waals surface area contributed by atoms with Gasteiger partial charge in [0.2, 0.25) is 11.8 Å². The molecule has 4 N–H and O–H groups in total. The average Bonchev–Trinajstić information content (AvgIpc) is 3.54. The molecule has 2 aliphatic rings. The third kappa shape index (κ3) is 5.00. The summed E-state index contributed by atoms with van der Waals surface area (Å²) in [5, 5.41) is 8.48. The number of likely N-dealkylation sites (tertiary alicyclic amines) is 1. The van der Waals surface area contributed by atoms with Crippen LogP contribution < -0.4 is 21.6 Å². The molecule has 1 fully saturated rings. The number of alkyl halides is 3. The zero-order chi connectivity index (χ0) is 31.4. The second kappa shape index (κ2) is 10.6. The quantitative estimate of drug-likeness (QED) is 0.300. The van der Waals surface area contributed by atoms with E-state index in [2.05, 4.69) is 20.2 Å². The van der Waals surface area contributed by atoms with Gasteiger partial charge in [0.1, 0.15) is 30.1 Å². The van der Waals surface area contributed by atoms with Crippen molar-refractivity contribution in [3.63, 3.8) is 0 Å². The van der Waals surface area contributed by atoms with Crippen LogP contribution >= 0.6 is 11.6 Å².